The Hall–Kier alpha value is -2.97. The fourth-order valence-electron chi connectivity index (χ4n) is 2.51. The third-order valence-electron chi connectivity index (χ3n) is 3.86. The van der Waals surface area contributed by atoms with E-state index in [9.17, 15) is 13.2 Å². The zero-order valence-corrected chi connectivity index (χ0v) is 16.6. The number of benzene rings is 1. The second-order valence-corrected chi connectivity index (χ2v) is 6.24. The molecule has 0 fully saturated rings. The fourth-order valence-corrected chi connectivity index (χ4v) is 2.51. The number of aliphatic imine (C=N–C) groups is 1. The van der Waals surface area contributed by atoms with Crippen LogP contribution in [0.25, 0.3) is 0 Å². The quantitative estimate of drug-likeness (QED) is 0.514. The van der Waals surface area contributed by atoms with Gasteiger partial charge < -0.3 is 20.1 Å². The van der Waals surface area contributed by atoms with Crippen LogP contribution in [0.1, 0.15) is 23.6 Å². The van der Waals surface area contributed by atoms with Gasteiger partial charge in [-0.25, -0.2) is 9.98 Å². The molecule has 6 nitrogen and oxygen atoms in total. The molecule has 0 radical (unpaired) electrons. The number of nitrogens with one attached hydrogen (secondary N) is 2. The Labute approximate surface area is 168 Å². The van der Waals surface area contributed by atoms with Gasteiger partial charge in [0, 0.05) is 30.4 Å². The van der Waals surface area contributed by atoms with Crippen molar-refractivity contribution in [1.29, 1.82) is 0 Å². The Morgan fingerprint density at radius 3 is 2.66 bits per heavy atom. The van der Waals surface area contributed by atoms with E-state index in [1.807, 2.05) is 32.0 Å². The molecule has 1 aromatic heterocycles. The highest BCUT2D eigenvalue weighted by atomic mass is 19.4. The lowest BCUT2D eigenvalue weighted by atomic mass is 10.1. The Balaban J connectivity index is 2.08. The summed E-state index contributed by atoms with van der Waals surface area (Å²) in [5, 5.41) is 6.30. The van der Waals surface area contributed by atoms with Crippen LogP contribution in [-0.4, -0.2) is 37.4 Å². The van der Waals surface area contributed by atoms with Crippen molar-refractivity contribution >= 4 is 5.96 Å². The largest absolute Gasteiger partial charge is 0.496 e. The zero-order chi connectivity index (χ0) is 21.3. The van der Waals surface area contributed by atoms with E-state index in [4.69, 9.17) is 9.47 Å². The van der Waals surface area contributed by atoms with Gasteiger partial charge in [-0.05, 0) is 31.5 Å². The van der Waals surface area contributed by atoms with Gasteiger partial charge in [0.25, 0.3) is 0 Å². The second kappa shape index (κ2) is 10.5. The number of hydrogen-bond donors (Lipinski definition) is 2. The van der Waals surface area contributed by atoms with E-state index in [1.54, 1.807) is 19.2 Å². The van der Waals surface area contributed by atoms with Gasteiger partial charge in [-0.15, -0.1) is 0 Å². The summed E-state index contributed by atoms with van der Waals surface area (Å²) in [6.45, 7) is 3.72. The summed E-state index contributed by atoms with van der Waals surface area (Å²) in [5.41, 5.74) is 2.51. The van der Waals surface area contributed by atoms with Crippen molar-refractivity contribution in [2.24, 2.45) is 4.99 Å². The van der Waals surface area contributed by atoms with Crippen LogP contribution in [-0.2, 0) is 13.1 Å². The van der Waals surface area contributed by atoms with Gasteiger partial charge in [0.15, 0.2) is 12.6 Å². The Bertz CT molecular complexity index is 826. The maximum absolute atomic E-state index is 12.4. The van der Waals surface area contributed by atoms with Gasteiger partial charge in [0.05, 0.1) is 13.7 Å². The molecular formula is C20H25F3N4O2. The van der Waals surface area contributed by atoms with E-state index in [0.717, 1.165) is 16.9 Å². The van der Waals surface area contributed by atoms with Crippen LogP contribution in [0.4, 0.5) is 13.2 Å². The Morgan fingerprint density at radius 2 is 1.97 bits per heavy atom. The van der Waals surface area contributed by atoms with Crippen molar-refractivity contribution in [3.8, 4) is 11.6 Å². The smallest absolute Gasteiger partial charge is 0.422 e. The standard InChI is InChI=1S/C20H25F3N4O2/c1-4-24-19(26-11-15-8-7-14(2)10-17(15)28-3)27-12-16-6-5-9-25-18(16)29-13-20(21,22)23/h5-10H,4,11-13H2,1-3H3,(H2,24,26,27). The average Bonchev–Trinajstić information content (AvgIpc) is 2.69. The van der Waals surface area contributed by atoms with E-state index >= 15 is 0 Å². The van der Waals surface area contributed by atoms with Crippen LogP contribution in [0.5, 0.6) is 11.6 Å². The van der Waals surface area contributed by atoms with Gasteiger partial charge in [0.2, 0.25) is 5.88 Å². The summed E-state index contributed by atoms with van der Waals surface area (Å²) in [5.74, 6) is 1.20. The molecule has 2 rings (SSSR count). The number of pyridine rings is 1. The fraction of sp³-hybridized carbons (Fsp3) is 0.400. The average molecular weight is 410 g/mol. The van der Waals surface area contributed by atoms with Crippen LogP contribution >= 0.6 is 0 Å². The summed E-state index contributed by atoms with van der Waals surface area (Å²) in [6.07, 6.45) is -3.05. The molecule has 0 bridgehead atoms. The summed E-state index contributed by atoms with van der Waals surface area (Å²) in [7, 11) is 1.61. The van der Waals surface area contributed by atoms with Gasteiger partial charge >= 0.3 is 6.18 Å². The van der Waals surface area contributed by atoms with Crippen LogP contribution in [0.3, 0.4) is 0 Å². The van der Waals surface area contributed by atoms with E-state index in [0.29, 0.717) is 24.6 Å². The van der Waals surface area contributed by atoms with Gasteiger partial charge in [-0.3, -0.25) is 0 Å². The van der Waals surface area contributed by atoms with Gasteiger partial charge in [0.1, 0.15) is 5.75 Å². The normalized spacial score (nSPS) is 11.9. The van der Waals surface area contributed by atoms with Crippen molar-refractivity contribution < 1.29 is 22.6 Å². The lowest BCUT2D eigenvalue weighted by Gasteiger charge is -2.14. The number of hydrogen-bond acceptors (Lipinski definition) is 4. The van der Waals surface area contributed by atoms with E-state index in [-0.39, 0.29) is 12.4 Å². The molecule has 1 heterocycles. The van der Waals surface area contributed by atoms with Crippen molar-refractivity contribution in [2.45, 2.75) is 33.1 Å². The predicted molar refractivity (Wildman–Crippen MR) is 105 cm³/mol. The number of methoxy groups -OCH3 is 1. The summed E-state index contributed by atoms with van der Waals surface area (Å²) >= 11 is 0. The second-order valence-electron chi connectivity index (χ2n) is 6.24. The molecule has 158 valence electrons. The van der Waals surface area contributed by atoms with Crippen LogP contribution in [0.15, 0.2) is 41.5 Å². The summed E-state index contributed by atoms with van der Waals surface area (Å²) < 4.78 is 47.5. The van der Waals surface area contributed by atoms with Crippen LogP contribution in [0, 0.1) is 6.92 Å². The molecule has 2 aromatic rings. The van der Waals surface area contributed by atoms with Crippen molar-refractivity contribution in [3.63, 3.8) is 0 Å². The number of ether oxygens (including phenoxy) is 2. The first-order valence-electron chi connectivity index (χ1n) is 9.11. The maximum Gasteiger partial charge on any atom is 0.422 e. The monoisotopic (exact) mass is 410 g/mol. The van der Waals surface area contributed by atoms with E-state index in [1.165, 1.54) is 6.20 Å². The molecule has 0 spiro atoms. The van der Waals surface area contributed by atoms with Crippen molar-refractivity contribution in [2.75, 3.05) is 20.3 Å². The Morgan fingerprint density at radius 1 is 1.17 bits per heavy atom. The van der Waals surface area contributed by atoms with Crippen molar-refractivity contribution in [1.82, 2.24) is 15.6 Å². The molecule has 9 heteroatoms. The lowest BCUT2D eigenvalue weighted by molar-refractivity contribution is -0.154. The first-order valence-corrected chi connectivity index (χ1v) is 9.11. The van der Waals surface area contributed by atoms with Crippen molar-refractivity contribution in [3.05, 3.63) is 53.2 Å². The third kappa shape index (κ3) is 7.52. The number of guanidine groups is 1. The zero-order valence-electron chi connectivity index (χ0n) is 16.6. The molecule has 0 aliphatic heterocycles. The molecule has 0 saturated heterocycles. The number of rotatable bonds is 8. The minimum atomic E-state index is -4.43. The van der Waals surface area contributed by atoms with Gasteiger partial charge in [-0.1, -0.05) is 18.2 Å². The summed E-state index contributed by atoms with van der Waals surface area (Å²) in [4.78, 5) is 8.31. The third-order valence-corrected chi connectivity index (χ3v) is 3.86. The molecule has 1 aromatic carbocycles. The van der Waals surface area contributed by atoms with E-state index in [2.05, 4.69) is 20.6 Å². The first-order chi connectivity index (χ1) is 13.8. The lowest BCUT2D eigenvalue weighted by Crippen LogP contribution is -2.36. The first kappa shape index (κ1) is 22.3. The molecular weight excluding hydrogens is 385 g/mol. The number of nitrogens with zero attached hydrogens (tertiary/aromatic N) is 2. The van der Waals surface area contributed by atoms with Crippen LogP contribution < -0.4 is 20.1 Å². The molecule has 0 amide bonds. The van der Waals surface area contributed by atoms with Crippen LogP contribution in [0.2, 0.25) is 0 Å². The number of aromatic nitrogens is 1. The number of alkyl halides is 3. The highest BCUT2D eigenvalue weighted by Crippen LogP contribution is 2.21. The highest BCUT2D eigenvalue weighted by molar-refractivity contribution is 5.79. The Kier molecular flexibility index (Phi) is 8.11. The molecule has 0 unspecified atom stereocenters. The predicted octanol–water partition coefficient (Wildman–Crippen LogP) is 3.60. The van der Waals surface area contributed by atoms with E-state index < -0.39 is 12.8 Å². The highest BCUT2D eigenvalue weighted by Gasteiger charge is 2.29. The number of halogens is 3. The SMILES string of the molecule is CCNC(=NCc1cccnc1OCC(F)(F)F)NCc1ccc(C)cc1OC. The number of aryl methyl sites for hydroxylation is 1. The summed E-state index contributed by atoms with van der Waals surface area (Å²) in [6, 6.07) is 9.16. The molecule has 0 aliphatic carbocycles. The molecule has 2 N–H and O–H groups in total. The van der Waals surface area contributed by atoms with Gasteiger partial charge in [-0.2, -0.15) is 13.2 Å². The molecule has 29 heavy (non-hydrogen) atoms. The molecule has 0 aliphatic rings. The molecule has 0 saturated carbocycles. The minimum absolute atomic E-state index is 0.0790. The molecule has 0 atom stereocenters. The minimum Gasteiger partial charge on any atom is -0.496 e. The topological polar surface area (TPSA) is 67.8 Å². The maximum atomic E-state index is 12.4.